The van der Waals surface area contributed by atoms with Gasteiger partial charge in [-0.1, -0.05) is 36.4 Å². The number of ether oxygens (including phenoxy) is 2. The summed E-state index contributed by atoms with van der Waals surface area (Å²) in [7, 11) is 3.26. The standard InChI is InChI=1S/C21H24N4O2/c1-15(17-7-5-4-6-8-17)24-21-22-12-11-20(25-21)23-14-16-9-10-18(26-2)19(13-16)27-3/h4-13,15H,14H2,1-3H3,(H2,22,23,24,25). The van der Waals surface area contributed by atoms with E-state index in [1.807, 2.05) is 42.5 Å². The predicted octanol–water partition coefficient (Wildman–Crippen LogP) is 4.28. The summed E-state index contributed by atoms with van der Waals surface area (Å²) in [4.78, 5) is 8.85. The molecule has 0 saturated heterocycles. The highest BCUT2D eigenvalue weighted by Crippen LogP contribution is 2.27. The van der Waals surface area contributed by atoms with Gasteiger partial charge in [0.1, 0.15) is 5.82 Å². The molecule has 27 heavy (non-hydrogen) atoms. The van der Waals surface area contributed by atoms with E-state index in [2.05, 4.69) is 39.7 Å². The molecule has 1 atom stereocenters. The summed E-state index contributed by atoms with van der Waals surface area (Å²) in [5.41, 5.74) is 2.25. The van der Waals surface area contributed by atoms with Crippen LogP contribution >= 0.6 is 0 Å². The summed E-state index contributed by atoms with van der Waals surface area (Å²) >= 11 is 0. The summed E-state index contributed by atoms with van der Waals surface area (Å²) in [6, 6.07) is 18.0. The van der Waals surface area contributed by atoms with E-state index in [1.54, 1.807) is 20.4 Å². The van der Waals surface area contributed by atoms with E-state index in [0.29, 0.717) is 24.0 Å². The highest BCUT2D eigenvalue weighted by molar-refractivity contribution is 5.45. The van der Waals surface area contributed by atoms with E-state index in [0.717, 1.165) is 11.4 Å². The van der Waals surface area contributed by atoms with Gasteiger partial charge in [0.05, 0.1) is 20.3 Å². The van der Waals surface area contributed by atoms with E-state index in [-0.39, 0.29) is 6.04 Å². The van der Waals surface area contributed by atoms with Gasteiger partial charge in [-0.2, -0.15) is 4.98 Å². The molecule has 0 aliphatic carbocycles. The first-order chi connectivity index (χ1) is 13.2. The zero-order valence-electron chi connectivity index (χ0n) is 15.8. The van der Waals surface area contributed by atoms with Crippen molar-refractivity contribution in [3.8, 4) is 11.5 Å². The Bertz CT molecular complexity index is 871. The van der Waals surface area contributed by atoms with Crippen LogP contribution in [0.2, 0.25) is 0 Å². The third-order valence-electron chi connectivity index (χ3n) is 4.22. The molecule has 0 radical (unpaired) electrons. The van der Waals surface area contributed by atoms with E-state index in [9.17, 15) is 0 Å². The Balaban J connectivity index is 1.64. The number of methoxy groups -OCH3 is 2. The quantitative estimate of drug-likeness (QED) is 0.622. The van der Waals surface area contributed by atoms with Gasteiger partial charge >= 0.3 is 0 Å². The summed E-state index contributed by atoms with van der Waals surface area (Å²) in [6.45, 7) is 2.70. The van der Waals surface area contributed by atoms with Crippen LogP contribution in [0.1, 0.15) is 24.1 Å². The molecular formula is C21H24N4O2. The Morgan fingerprint density at radius 3 is 2.48 bits per heavy atom. The van der Waals surface area contributed by atoms with Gasteiger partial charge in [-0.05, 0) is 36.2 Å². The summed E-state index contributed by atoms with van der Waals surface area (Å²) in [5.74, 6) is 2.76. The van der Waals surface area contributed by atoms with Crippen LogP contribution < -0.4 is 20.1 Å². The van der Waals surface area contributed by atoms with Crippen LogP contribution in [-0.2, 0) is 6.54 Å². The maximum atomic E-state index is 5.35. The molecule has 2 N–H and O–H groups in total. The number of anilines is 2. The van der Waals surface area contributed by atoms with Crippen LogP contribution in [0.5, 0.6) is 11.5 Å². The van der Waals surface area contributed by atoms with Crippen LogP contribution in [0, 0.1) is 0 Å². The van der Waals surface area contributed by atoms with Crippen molar-refractivity contribution in [3.05, 3.63) is 71.9 Å². The largest absolute Gasteiger partial charge is 0.493 e. The van der Waals surface area contributed by atoms with Crippen LogP contribution in [0.15, 0.2) is 60.8 Å². The van der Waals surface area contributed by atoms with E-state index >= 15 is 0 Å². The second kappa shape index (κ2) is 8.89. The first kappa shape index (κ1) is 18.5. The lowest BCUT2D eigenvalue weighted by Gasteiger charge is -2.15. The van der Waals surface area contributed by atoms with Crippen LogP contribution in [-0.4, -0.2) is 24.2 Å². The smallest absolute Gasteiger partial charge is 0.225 e. The van der Waals surface area contributed by atoms with Crippen LogP contribution in [0.25, 0.3) is 0 Å². The fourth-order valence-electron chi connectivity index (χ4n) is 2.73. The lowest BCUT2D eigenvalue weighted by molar-refractivity contribution is 0.354. The number of nitrogens with one attached hydrogen (secondary N) is 2. The number of benzene rings is 2. The van der Waals surface area contributed by atoms with Crippen molar-refractivity contribution < 1.29 is 9.47 Å². The van der Waals surface area contributed by atoms with Gasteiger partial charge in [0, 0.05) is 12.7 Å². The van der Waals surface area contributed by atoms with Crippen molar-refractivity contribution in [2.24, 2.45) is 0 Å². The number of rotatable bonds is 8. The highest BCUT2D eigenvalue weighted by atomic mass is 16.5. The first-order valence-corrected chi connectivity index (χ1v) is 8.79. The maximum Gasteiger partial charge on any atom is 0.225 e. The third kappa shape index (κ3) is 4.88. The number of aromatic nitrogens is 2. The van der Waals surface area contributed by atoms with E-state index < -0.39 is 0 Å². The van der Waals surface area contributed by atoms with Gasteiger partial charge < -0.3 is 20.1 Å². The molecule has 2 aromatic carbocycles. The topological polar surface area (TPSA) is 68.3 Å². The van der Waals surface area contributed by atoms with Gasteiger partial charge in [-0.25, -0.2) is 4.98 Å². The minimum Gasteiger partial charge on any atom is -0.493 e. The number of nitrogens with zero attached hydrogens (tertiary/aromatic N) is 2. The molecular weight excluding hydrogens is 340 g/mol. The lowest BCUT2D eigenvalue weighted by atomic mass is 10.1. The zero-order chi connectivity index (χ0) is 19.1. The first-order valence-electron chi connectivity index (χ1n) is 8.79. The molecule has 1 aromatic heterocycles. The Morgan fingerprint density at radius 1 is 0.963 bits per heavy atom. The van der Waals surface area contributed by atoms with E-state index in [4.69, 9.17) is 9.47 Å². The molecule has 1 heterocycles. The number of hydrogen-bond donors (Lipinski definition) is 2. The van der Waals surface area contributed by atoms with Gasteiger partial charge in [0.2, 0.25) is 5.95 Å². The SMILES string of the molecule is COc1ccc(CNc2ccnc(NC(C)c3ccccc3)n2)cc1OC. The second-order valence-electron chi connectivity index (χ2n) is 6.09. The predicted molar refractivity (Wildman–Crippen MR) is 107 cm³/mol. The maximum absolute atomic E-state index is 5.35. The van der Waals surface area contributed by atoms with Crippen LogP contribution in [0.4, 0.5) is 11.8 Å². The summed E-state index contributed by atoms with van der Waals surface area (Å²) in [6.07, 6.45) is 1.74. The highest BCUT2D eigenvalue weighted by Gasteiger charge is 2.08. The van der Waals surface area contributed by atoms with Crippen LogP contribution in [0.3, 0.4) is 0 Å². The monoisotopic (exact) mass is 364 g/mol. The minimum absolute atomic E-state index is 0.118. The van der Waals surface area contributed by atoms with Gasteiger partial charge in [-0.15, -0.1) is 0 Å². The molecule has 0 aliphatic rings. The molecule has 6 heteroatoms. The summed E-state index contributed by atoms with van der Waals surface area (Å²) < 4.78 is 10.6. The van der Waals surface area contributed by atoms with Gasteiger partial charge in [0.25, 0.3) is 0 Å². The Morgan fingerprint density at radius 2 is 1.74 bits per heavy atom. The van der Waals surface area contributed by atoms with Crippen molar-refractivity contribution in [1.82, 2.24) is 9.97 Å². The van der Waals surface area contributed by atoms with Gasteiger partial charge in [-0.3, -0.25) is 0 Å². The molecule has 0 aliphatic heterocycles. The zero-order valence-corrected chi connectivity index (χ0v) is 15.8. The Hall–Kier alpha value is -3.28. The van der Waals surface area contributed by atoms with Crippen molar-refractivity contribution in [2.75, 3.05) is 24.9 Å². The normalized spacial score (nSPS) is 11.5. The molecule has 6 nitrogen and oxygen atoms in total. The molecule has 140 valence electrons. The van der Waals surface area contributed by atoms with Crippen molar-refractivity contribution >= 4 is 11.8 Å². The van der Waals surface area contributed by atoms with Crippen molar-refractivity contribution in [2.45, 2.75) is 19.5 Å². The fraction of sp³-hybridized carbons (Fsp3) is 0.238. The lowest BCUT2D eigenvalue weighted by Crippen LogP contribution is -2.10. The van der Waals surface area contributed by atoms with Gasteiger partial charge in [0.15, 0.2) is 11.5 Å². The molecule has 3 rings (SSSR count). The Labute approximate surface area is 159 Å². The number of hydrogen-bond acceptors (Lipinski definition) is 6. The van der Waals surface area contributed by atoms with Crippen molar-refractivity contribution in [3.63, 3.8) is 0 Å². The fourth-order valence-corrected chi connectivity index (χ4v) is 2.73. The average Bonchev–Trinajstić information content (AvgIpc) is 2.73. The molecule has 1 unspecified atom stereocenters. The van der Waals surface area contributed by atoms with E-state index in [1.165, 1.54) is 5.56 Å². The molecule has 0 spiro atoms. The molecule has 0 fully saturated rings. The molecule has 3 aromatic rings. The third-order valence-corrected chi connectivity index (χ3v) is 4.22. The average molecular weight is 364 g/mol. The Kier molecular flexibility index (Phi) is 6.10. The second-order valence-corrected chi connectivity index (χ2v) is 6.09. The molecule has 0 bridgehead atoms. The van der Waals surface area contributed by atoms with Crippen molar-refractivity contribution in [1.29, 1.82) is 0 Å². The molecule has 0 amide bonds. The minimum atomic E-state index is 0.118. The summed E-state index contributed by atoms with van der Waals surface area (Å²) in [5, 5.41) is 6.65. The molecule has 0 saturated carbocycles.